The van der Waals surface area contributed by atoms with Crippen LogP contribution < -0.4 is 0 Å². The number of benzene rings is 2. The number of aromatic nitrogens is 5. The summed E-state index contributed by atoms with van der Waals surface area (Å²) in [5.41, 5.74) is 7.85. The summed E-state index contributed by atoms with van der Waals surface area (Å²) in [5, 5.41) is 0. The van der Waals surface area contributed by atoms with Gasteiger partial charge in [0, 0.05) is 34.6 Å². The molecule has 0 amide bonds. The Labute approximate surface area is 205 Å². The van der Waals surface area contributed by atoms with Gasteiger partial charge in [-0.05, 0) is 60.7 Å². The number of nitrogens with zero attached hydrogens (tertiary/aromatic N) is 5. The van der Waals surface area contributed by atoms with Crippen molar-refractivity contribution in [2.45, 2.75) is 0 Å². The second kappa shape index (κ2) is 8.25. The molecule has 0 fully saturated rings. The van der Waals surface area contributed by atoms with E-state index in [1.54, 1.807) is 12.4 Å². The Morgan fingerprint density at radius 1 is 0.444 bits per heavy atom. The fourth-order valence-corrected chi connectivity index (χ4v) is 4.16. The average Bonchev–Trinajstić information content (AvgIpc) is 3.58. The highest BCUT2D eigenvalue weighted by Crippen LogP contribution is 2.30. The minimum Gasteiger partial charge on any atom is -0.434 e. The Balaban J connectivity index is 1.24. The van der Waals surface area contributed by atoms with Gasteiger partial charge in [0.1, 0.15) is 0 Å². The highest BCUT2D eigenvalue weighted by atomic mass is 16.4. The quantitative estimate of drug-likeness (QED) is 0.280. The van der Waals surface area contributed by atoms with Gasteiger partial charge in [-0.15, -0.1) is 0 Å². The Morgan fingerprint density at radius 2 is 0.917 bits per heavy atom. The highest BCUT2D eigenvalue weighted by molar-refractivity contribution is 5.76. The van der Waals surface area contributed by atoms with E-state index in [0.717, 1.165) is 33.6 Å². The molecule has 7 aromatic rings. The van der Waals surface area contributed by atoms with Gasteiger partial charge in [0.15, 0.2) is 22.5 Å². The monoisotopic (exact) mass is 467 g/mol. The number of hydrogen-bond acceptors (Lipinski definition) is 7. The van der Waals surface area contributed by atoms with Crippen molar-refractivity contribution < 1.29 is 8.83 Å². The fourth-order valence-electron chi connectivity index (χ4n) is 4.16. The molecule has 7 nitrogen and oxygen atoms in total. The van der Waals surface area contributed by atoms with Gasteiger partial charge in [0.05, 0.1) is 11.4 Å². The Kier molecular flexibility index (Phi) is 4.63. The first-order chi connectivity index (χ1) is 17.8. The lowest BCUT2D eigenvalue weighted by Crippen LogP contribution is -1.89. The van der Waals surface area contributed by atoms with Crippen LogP contribution in [0.15, 0.2) is 112 Å². The third-order valence-corrected chi connectivity index (χ3v) is 5.89. The lowest BCUT2D eigenvalue weighted by atomic mass is 10.0. The van der Waals surface area contributed by atoms with Gasteiger partial charge < -0.3 is 8.83 Å². The Morgan fingerprint density at radius 3 is 1.42 bits per heavy atom. The first kappa shape index (κ1) is 20.2. The number of rotatable bonds is 4. The van der Waals surface area contributed by atoms with Crippen LogP contribution in [0.25, 0.3) is 67.9 Å². The normalized spacial score (nSPS) is 11.3. The molecule has 0 aliphatic carbocycles. The first-order valence-corrected chi connectivity index (χ1v) is 11.4. The first-order valence-electron chi connectivity index (χ1n) is 11.4. The molecule has 7 rings (SSSR count). The summed E-state index contributed by atoms with van der Waals surface area (Å²) in [7, 11) is 0. The maximum atomic E-state index is 5.90. The van der Waals surface area contributed by atoms with Gasteiger partial charge in [0.25, 0.3) is 0 Å². The molecular formula is C29H17N5O2. The van der Waals surface area contributed by atoms with Crippen molar-refractivity contribution in [3.63, 3.8) is 0 Å². The molecule has 5 aromatic heterocycles. The van der Waals surface area contributed by atoms with E-state index in [0.29, 0.717) is 34.2 Å². The average molecular weight is 467 g/mol. The maximum absolute atomic E-state index is 5.90. The third kappa shape index (κ3) is 3.59. The van der Waals surface area contributed by atoms with Crippen molar-refractivity contribution in [1.82, 2.24) is 24.9 Å². The molecule has 0 saturated heterocycles. The van der Waals surface area contributed by atoms with E-state index in [1.165, 1.54) is 0 Å². The van der Waals surface area contributed by atoms with E-state index >= 15 is 0 Å². The number of hydrogen-bond donors (Lipinski definition) is 0. The van der Waals surface area contributed by atoms with Crippen LogP contribution in [0.2, 0.25) is 0 Å². The molecule has 36 heavy (non-hydrogen) atoms. The summed E-state index contributed by atoms with van der Waals surface area (Å²) in [5.74, 6) is 1.06. The zero-order valence-corrected chi connectivity index (χ0v) is 18.9. The van der Waals surface area contributed by atoms with Crippen LogP contribution in [0.4, 0.5) is 0 Å². The van der Waals surface area contributed by atoms with Crippen molar-refractivity contribution in [2.24, 2.45) is 0 Å². The molecule has 7 heteroatoms. The molecule has 0 spiro atoms. The molecular weight excluding hydrogens is 450 g/mol. The lowest BCUT2D eigenvalue weighted by molar-refractivity contribution is 0.619. The third-order valence-electron chi connectivity index (χ3n) is 5.89. The summed E-state index contributed by atoms with van der Waals surface area (Å²) < 4.78 is 11.8. The summed E-state index contributed by atoms with van der Waals surface area (Å²) in [4.78, 5) is 22.5. The van der Waals surface area contributed by atoms with Crippen LogP contribution in [-0.4, -0.2) is 24.9 Å². The molecule has 2 aromatic carbocycles. The standard InChI is InChI=1S/C29H17N5O2/c1-6-18(16-20(8-1)28-33-26-24(35-28)12-4-14-30-26)22-10-3-11-23(32-22)19-7-2-9-21(17-19)29-34-27-25(36-29)13-5-15-31-27/h1-17H. The van der Waals surface area contributed by atoms with Crippen LogP contribution in [0.3, 0.4) is 0 Å². The Hall–Kier alpha value is -5.17. The van der Waals surface area contributed by atoms with E-state index in [2.05, 4.69) is 19.9 Å². The van der Waals surface area contributed by atoms with Crippen LogP contribution in [0.5, 0.6) is 0 Å². The van der Waals surface area contributed by atoms with Crippen molar-refractivity contribution in [3.05, 3.63) is 103 Å². The van der Waals surface area contributed by atoms with Gasteiger partial charge in [0.2, 0.25) is 11.8 Å². The zero-order chi connectivity index (χ0) is 23.9. The van der Waals surface area contributed by atoms with Gasteiger partial charge in [-0.25, -0.2) is 15.0 Å². The van der Waals surface area contributed by atoms with E-state index < -0.39 is 0 Å². The van der Waals surface area contributed by atoms with E-state index in [-0.39, 0.29) is 0 Å². The molecule has 0 aliphatic heterocycles. The fraction of sp³-hybridized carbons (Fsp3) is 0. The predicted octanol–water partition coefficient (Wildman–Crippen LogP) is 6.82. The second-order valence-electron chi connectivity index (χ2n) is 8.26. The number of fused-ring (bicyclic) bond motifs is 2. The molecule has 0 bridgehead atoms. The van der Waals surface area contributed by atoms with Gasteiger partial charge in [-0.2, -0.15) is 9.97 Å². The SMILES string of the molecule is c1cc(-c2cccc(-c3cccc(-c4nc5ncccc5o4)c3)n2)cc(-c2nc3ncccc3o2)c1. The van der Waals surface area contributed by atoms with Crippen molar-refractivity contribution in [3.8, 4) is 45.4 Å². The van der Waals surface area contributed by atoms with Crippen molar-refractivity contribution >= 4 is 22.5 Å². The van der Waals surface area contributed by atoms with Crippen LogP contribution >= 0.6 is 0 Å². The zero-order valence-electron chi connectivity index (χ0n) is 18.9. The maximum Gasteiger partial charge on any atom is 0.228 e. The molecule has 0 saturated carbocycles. The molecule has 5 heterocycles. The van der Waals surface area contributed by atoms with E-state index in [9.17, 15) is 0 Å². The molecule has 0 atom stereocenters. The minimum atomic E-state index is 0.530. The summed E-state index contributed by atoms with van der Waals surface area (Å²) in [6.45, 7) is 0. The number of oxazole rings is 2. The topological polar surface area (TPSA) is 90.7 Å². The lowest BCUT2D eigenvalue weighted by Gasteiger charge is -2.07. The van der Waals surface area contributed by atoms with Crippen LogP contribution in [-0.2, 0) is 0 Å². The summed E-state index contributed by atoms with van der Waals surface area (Å²) >= 11 is 0. The number of pyridine rings is 3. The van der Waals surface area contributed by atoms with E-state index in [1.807, 2.05) is 91.0 Å². The molecule has 0 radical (unpaired) electrons. The molecule has 0 aliphatic rings. The van der Waals surface area contributed by atoms with E-state index in [4.69, 9.17) is 13.8 Å². The second-order valence-corrected chi connectivity index (χ2v) is 8.26. The molecule has 0 unspecified atom stereocenters. The Bertz CT molecular complexity index is 1670. The van der Waals surface area contributed by atoms with Crippen molar-refractivity contribution in [2.75, 3.05) is 0 Å². The summed E-state index contributed by atoms with van der Waals surface area (Å²) in [6.07, 6.45) is 3.41. The van der Waals surface area contributed by atoms with Gasteiger partial charge in [-0.3, -0.25) is 0 Å². The predicted molar refractivity (Wildman–Crippen MR) is 137 cm³/mol. The largest absolute Gasteiger partial charge is 0.434 e. The molecule has 170 valence electrons. The van der Waals surface area contributed by atoms with Crippen LogP contribution in [0, 0.1) is 0 Å². The van der Waals surface area contributed by atoms with Crippen LogP contribution in [0.1, 0.15) is 0 Å². The smallest absolute Gasteiger partial charge is 0.228 e. The highest BCUT2D eigenvalue weighted by Gasteiger charge is 2.13. The molecule has 0 N–H and O–H groups in total. The van der Waals surface area contributed by atoms with Gasteiger partial charge in [-0.1, -0.05) is 30.3 Å². The minimum absolute atomic E-state index is 0.530. The van der Waals surface area contributed by atoms with Gasteiger partial charge >= 0.3 is 0 Å². The van der Waals surface area contributed by atoms with Crippen molar-refractivity contribution in [1.29, 1.82) is 0 Å². The summed E-state index contributed by atoms with van der Waals surface area (Å²) in [6, 6.07) is 29.4.